The number of ether oxygens (including phenoxy) is 6. The highest BCUT2D eigenvalue weighted by Crippen LogP contribution is 2.06. The van der Waals surface area contributed by atoms with E-state index in [4.69, 9.17) is 18.9 Å². The molecular formula is C19H40O8. The van der Waals surface area contributed by atoms with Crippen molar-refractivity contribution in [3.05, 3.63) is 0 Å². The molecule has 8 heteroatoms. The van der Waals surface area contributed by atoms with E-state index in [1.165, 1.54) is 7.11 Å². The number of methoxy groups -OCH3 is 1. The van der Waals surface area contributed by atoms with Gasteiger partial charge in [0.05, 0.1) is 13.2 Å². The fourth-order valence-electron chi connectivity index (χ4n) is 1.62. The highest BCUT2D eigenvalue weighted by molar-refractivity contribution is 5.61. The topological polar surface area (TPSA) is 89.5 Å². The molecule has 1 saturated heterocycles. The summed E-state index contributed by atoms with van der Waals surface area (Å²) in [6.07, 6.45) is 0.497. The van der Waals surface area contributed by atoms with Crippen LogP contribution in [0.4, 0.5) is 4.79 Å². The van der Waals surface area contributed by atoms with Crippen molar-refractivity contribution in [2.24, 2.45) is 0 Å². The van der Waals surface area contributed by atoms with Crippen LogP contribution >= 0.6 is 0 Å². The first-order valence-electron chi connectivity index (χ1n) is 9.83. The van der Waals surface area contributed by atoms with E-state index in [1.54, 1.807) is 0 Å². The molecule has 2 unspecified atom stereocenters. The molecule has 0 aliphatic carbocycles. The second-order valence-electron chi connectivity index (χ2n) is 4.45. The van der Waals surface area contributed by atoms with Crippen molar-refractivity contribution in [3.8, 4) is 0 Å². The fraction of sp³-hybridized carbons (Fsp3) is 0.895. The summed E-state index contributed by atoms with van der Waals surface area (Å²) in [4.78, 5) is 20.7. The molecule has 1 heterocycles. The van der Waals surface area contributed by atoms with Crippen molar-refractivity contribution in [2.75, 3.05) is 46.8 Å². The van der Waals surface area contributed by atoms with Crippen LogP contribution in [0.15, 0.2) is 0 Å². The lowest BCUT2D eigenvalue weighted by atomic mass is 10.3. The monoisotopic (exact) mass is 396 g/mol. The molecule has 8 nitrogen and oxygen atoms in total. The van der Waals surface area contributed by atoms with Crippen molar-refractivity contribution in [3.63, 3.8) is 0 Å². The third-order valence-corrected chi connectivity index (χ3v) is 2.77. The molecule has 1 aliphatic rings. The van der Waals surface area contributed by atoms with Crippen LogP contribution in [0.1, 0.15) is 54.4 Å². The molecule has 0 aromatic heterocycles. The molecule has 164 valence electrons. The smallest absolute Gasteiger partial charge is 0.465 e. The third-order valence-electron chi connectivity index (χ3n) is 2.77. The summed E-state index contributed by atoms with van der Waals surface area (Å²) in [5.74, 6) is 0. The Labute approximate surface area is 164 Å². The molecule has 2 atom stereocenters. The van der Waals surface area contributed by atoms with Gasteiger partial charge in [-0.25, -0.2) is 4.79 Å². The summed E-state index contributed by atoms with van der Waals surface area (Å²) in [5.41, 5.74) is 0. The quantitative estimate of drug-likeness (QED) is 0.265. The molecule has 1 aliphatic heterocycles. The standard InChI is InChI=1S/C13H22O8.3C2H6/c1-16-11(7-19-10-14)6-17-4-2-3-5-18-8-12-9-20-13(15)21-12;3*1-2/h10-12H,2-9H2,1H3;3*1-2H3. The van der Waals surface area contributed by atoms with Gasteiger partial charge < -0.3 is 28.4 Å². The van der Waals surface area contributed by atoms with Crippen LogP contribution in [0, 0.1) is 0 Å². The van der Waals surface area contributed by atoms with Crippen molar-refractivity contribution >= 4 is 12.6 Å². The minimum Gasteiger partial charge on any atom is -0.465 e. The van der Waals surface area contributed by atoms with E-state index in [2.05, 4.69) is 9.47 Å². The van der Waals surface area contributed by atoms with Gasteiger partial charge in [0.15, 0.2) is 6.10 Å². The summed E-state index contributed by atoms with van der Waals surface area (Å²) in [6.45, 7) is 14.7. The lowest BCUT2D eigenvalue weighted by Crippen LogP contribution is -2.24. The number of hydrogen-bond acceptors (Lipinski definition) is 8. The molecule has 0 radical (unpaired) electrons. The summed E-state index contributed by atoms with van der Waals surface area (Å²) < 4.78 is 29.9. The van der Waals surface area contributed by atoms with Crippen LogP contribution in [0.3, 0.4) is 0 Å². The predicted octanol–water partition coefficient (Wildman–Crippen LogP) is 3.60. The zero-order chi connectivity index (χ0) is 21.3. The van der Waals surface area contributed by atoms with E-state index in [0.717, 1.165) is 12.8 Å². The molecule has 0 amide bonds. The first kappa shape index (κ1) is 30.4. The van der Waals surface area contributed by atoms with Gasteiger partial charge in [-0.05, 0) is 12.8 Å². The molecule has 27 heavy (non-hydrogen) atoms. The maximum atomic E-state index is 10.7. The minimum absolute atomic E-state index is 0.186. The van der Waals surface area contributed by atoms with Crippen LogP contribution in [0.25, 0.3) is 0 Å². The van der Waals surface area contributed by atoms with E-state index >= 15 is 0 Å². The van der Waals surface area contributed by atoms with Gasteiger partial charge >= 0.3 is 6.16 Å². The third kappa shape index (κ3) is 20.8. The van der Waals surface area contributed by atoms with Gasteiger partial charge in [-0.15, -0.1) is 0 Å². The average molecular weight is 397 g/mol. The van der Waals surface area contributed by atoms with Crippen molar-refractivity contribution in [1.29, 1.82) is 0 Å². The number of carbonyl (C=O) groups excluding carboxylic acids is 2. The Morgan fingerprint density at radius 1 is 1.04 bits per heavy atom. The Morgan fingerprint density at radius 3 is 2.11 bits per heavy atom. The van der Waals surface area contributed by atoms with Crippen molar-refractivity contribution in [1.82, 2.24) is 0 Å². The van der Waals surface area contributed by atoms with Crippen LogP contribution < -0.4 is 0 Å². The van der Waals surface area contributed by atoms with Gasteiger partial charge in [-0.3, -0.25) is 4.79 Å². The molecule has 0 aromatic carbocycles. The Bertz CT molecular complexity index is 299. The van der Waals surface area contributed by atoms with Gasteiger partial charge in [0, 0.05) is 20.3 Å². The minimum atomic E-state index is -0.636. The zero-order valence-electron chi connectivity index (χ0n) is 18.2. The summed E-state index contributed by atoms with van der Waals surface area (Å²) in [7, 11) is 1.54. The van der Waals surface area contributed by atoms with Crippen molar-refractivity contribution in [2.45, 2.75) is 66.6 Å². The maximum Gasteiger partial charge on any atom is 0.508 e. The Balaban J connectivity index is -0.000000869. The number of rotatable bonds is 13. The van der Waals surface area contributed by atoms with E-state index in [9.17, 15) is 9.59 Å². The molecular weight excluding hydrogens is 356 g/mol. The first-order chi connectivity index (χ1) is 13.3. The Hall–Kier alpha value is -1.38. The van der Waals surface area contributed by atoms with Gasteiger partial charge in [0.2, 0.25) is 0 Å². The second-order valence-corrected chi connectivity index (χ2v) is 4.45. The van der Waals surface area contributed by atoms with E-state index < -0.39 is 6.16 Å². The van der Waals surface area contributed by atoms with Gasteiger partial charge in [0.25, 0.3) is 6.47 Å². The van der Waals surface area contributed by atoms with Crippen LogP contribution in [-0.2, 0) is 33.2 Å². The SMILES string of the molecule is CC.CC.CC.COC(COC=O)COCCCCOCC1COC(=O)O1. The highest BCUT2D eigenvalue weighted by atomic mass is 16.8. The van der Waals surface area contributed by atoms with Crippen LogP contribution in [0.5, 0.6) is 0 Å². The number of cyclic esters (lactones) is 2. The summed E-state index contributed by atoms with van der Waals surface area (Å²) >= 11 is 0. The van der Waals surface area contributed by atoms with Gasteiger partial charge in [-0.2, -0.15) is 0 Å². The number of unbranched alkanes of at least 4 members (excludes halogenated alkanes) is 1. The molecule has 0 spiro atoms. The van der Waals surface area contributed by atoms with Crippen LogP contribution in [0.2, 0.25) is 0 Å². The Morgan fingerprint density at radius 2 is 1.63 bits per heavy atom. The average Bonchev–Trinajstić information content (AvgIpc) is 3.16. The lowest BCUT2D eigenvalue weighted by molar-refractivity contribution is -0.133. The lowest BCUT2D eigenvalue weighted by Gasteiger charge is -2.14. The molecule has 1 fully saturated rings. The normalized spacial score (nSPS) is 15.4. The number of carbonyl (C=O) groups is 2. The molecule has 0 aromatic rings. The fourth-order valence-corrected chi connectivity index (χ4v) is 1.62. The zero-order valence-corrected chi connectivity index (χ0v) is 18.2. The van der Waals surface area contributed by atoms with Gasteiger partial charge in [0.1, 0.15) is 19.3 Å². The van der Waals surface area contributed by atoms with E-state index in [1.807, 2.05) is 41.5 Å². The van der Waals surface area contributed by atoms with Gasteiger partial charge in [-0.1, -0.05) is 41.5 Å². The molecule has 0 bridgehead atoms. The number of hydrogen-bond donors (Lipinski definition) is 0. The first-order valence-corrected chi connectivity index (χ1v) is 9.83. The Kier molecular flexibility index (Phi) is 30.2. The largest absolute Gasteiger partial charge is 0.508 e. The summed E-state index contributed by atoms with van der Waals surface area (Å²) in [5, 5.41) is 0. The predicted molar refractivity (Wildman–Crippen MR) is 104 cm³/mol. The highest BCUT2D eigenvalue weighted by Gasteiger charge is 2.24. The maximum absolute atomic E-state index is 10.7. The van der Waals surface area contributed by atoms with Crippen LogP contribution in [-0.4, -0.2) is 71.6 Å². The molecule has 0 N–H and O–H groups in total. The van der Waals surface area contributed by atoms with Crippen molar-refractivity contribution < 1.29 is 38.0 Å². The van der Waals surface area contributed by atoms with E-state index in [0.29, 0.717) is 32.9 Å². The van der Waals surface area contributed by atoms with E-state index in [-0.39, 0.29) is 25.4 Å². The second kappa shape index (κ2) is 26.8. The molecule has 1 rings (SSSR count). The summed E-state index contributed by atoms with van der Waals surface area (Å²) in [6, 6.07) is 0. The molecule has 0 saturated carbocycles.